The minimum atomic E-state index is 0.498. The summed E-state index contributed by atoms with van der Waals surface area (Å²) in [6.45, 7) is 5.97. The second-order valence-corrected chi connectivity index (χ2v) is 3.93. The van der Waals surface area contributed by atoms with Gasteiger partial charge in [-0.2, -0.15) is 0 Å². The second kappa shape index (κ2) is 7.96. The summed E-state index contributed by atoms with van der Waals surface area (Å²) in [6.07, 6.45) is 0. The normalized spacial score (nSPS) is 9.70. The van der Waals surface area contributed by atoms with Crippen LogP contribution >= 0.6 is 37.2 Å². The SMILES string of the molecule is CC.Cc1nc2c(N)nc3ccccc3c2n1C.II. The van der Waals surface area contributed by atoms with E-state index in [4.69, 9.17) is 5.73 Å². The summed E-state index contributed by atoms with van der Waals surface area (Å²) in [5.41, 5.74) is 8.68. The zero-order chi connectivity index (χ0) is 15.3. The van der Waals surface area contributed by atoms with Crippen molar-refractivity contribution in [1.82, 2.24) is 14.5 Å². The highest BCUT2D eigenvalue weighted by Crippen LogP contribution is 2.27. The Kier molecular flexibility index (Phi) is 6.93. The van der Waals surface area contributed by atoms with Crippen LogP contribution in [0.1, 0.15) is 19.7 Å². The third-order valence-corrected chi connectivity index (χ3v) is 2.96. The first-order valence-electron chi connectivity index (χ1n) is 6.30. The number of aryl methyl sites for hydroxylation is 2. The molecule has 0 atom stereocenters. The lowest BCUT2D eigenvalue weighted by Gasteiger charge is -2.03. The molecule has 0 radical (unpaired) electrons. The molecule has 2 heterocycles. The maximum atomic E-state index is 5.92. The Balaban J connectivity index is 0.000000461. The van der Waals surface area contributed by atoms with Gasteiger partial charge in [-0.25, -0.2) is 9.97 Å². The molecule has 0 aliphatic heterocycles. The highest BCUT2D eigenvalue weighted by molar-refractivity contribution is 15.0. The molecule has 0 bridgehead atoms. The number of aromatic nitrogens is 3. The van der Waals surface area contributed by atoms with Crippen molar-refractivity contribution in [2.45, 2.75) is 20.8 Å². The van der Waals surface area contributed by atoms with Crippen molar-refractivity contribution in [3.05, 3.63) is 30.1 Å². The standard InChI is InChI=1S/C12H12N4.C2H6.I2/c1-7-14-10-11(16(7)2)8-5-3-4-6-9(8)15-12(10)13;2*1-2/h3-6H,1-2H3,(H2,13,15);1-2H3;. The fourth-order valence-corrected chi connectivity index (χ4v) is 2.05. The van der Waals surface area contributed by atoms with E-state index in [2.05, 4.69) is 51.8 Å². The third-order valence-electron chi connectivity index (χ3n) is 2.96. The van der Waals surface area contributed by atoms with Crippen LogP contribution in [0.5, 0.6) is 0 Å². The second-order valence-electron chi connectivity index (χ2n) is 3.93. The van der Waals surface area contributed by atoms with Crippen LogP contribution in [0.15, 0.2) is 24.3 Å². The number of halogens is 2. The van der Waals surface area contributed by atoms with Gasteiger partial charge in [0, 0.05) is 49.7 Å². The number of imidazole rings is 1. The molecule has 20 heavy (non-hydrogen) atoms. The molecule has 0 spiro atoms. The van der Waals surface area contributed by atoms with Crippen LogP contribution < -0.4 is 5.73 Å². The van der Waals surface area contributed by atoms with Crippen LogP contribution in [0.25, 0.3) is 21.9 Å². The summed E-state index contributed by atoms with van der Waals surface area (Å²) in [4.78, 5) is 8.80. The van der Waals surface area contributed by atoms with Crippen LogP contribution in [0.3, 0.4) is 0 Å². The van der Waals surface area contributed by atoms with E-state index in [9.17, 15) is 0 Å². The Morgan fingerprint density at radius 2 is 1.70 bits per heavy atom. The number of nitrogen functional groups attached to an aromatic ring is 1. The lowest BCUT2D eigenvalue weighted by molar-refractivity contribution is 0.888. The van der Waals surface area contributed by atoms with E-state index in [0.29, 0.717) is 5.82 Å². The maximum Gasteiger partial charge on any atom is 0.152 e. The first-order valence-corrected chi connectivity index (χ1v) is 12.6. The fraction of sp³-hybridized carbons (Fsp3) is 0.286. The number of fused-ring (bicyclic) bond motifs is 3. The van der Waals surface area contributed by atoms with Gasteiger partial charge < -0.3 is 10.3 Å². The van der Waals surface area contributed by atoms with Crippen molar-refractivity contribution in [3.8, 4) is 0 Å². The van der Waals surface area contributed by atoms with E-state index in [1.165, 1.54) is 0 Å². The highest BCUT2D eigenvalue weighted by atomic mass is 128. The van der Waals surface area contributed by atoms with E-state index in [0.717, 1.165) is 27.8 Å². The van der Waals surface area contributed by atoms with Gasteiger partial charge in [-0.05, 0) is 13.0 Å². The van der Waals surface area contributed by atoms with Crippen molar-refractivity contribution in [2.24, 2.45) is 7.05 Å². The molecule has 2 N–H and O–H groups in total. The van der Waals surface area contributed by atoms with Crippen molar-refractivity contribution >= 4 is 65.0 Å². The lowest BCUT2D eigenvalue weighted by atomic mass is 10.2. The van der Waals surface area contributed by atoms with Gasteiger partial charge in [-0.1, -0.05) is 32.0 Å². The molecule has 3 aromatic rings. The summed E-state index contributed by atoms with van der Waals surface area (Å²) >= 11 is 4.24. The Labute approximate surface area is 142 Å². The summed E-state index contributed by atoms with van der Waals surface area (Å²) < 4.78 is 2.05. The van der Waals surface area contributed by atoms with E-state index in [1.54, 1.807) is 0 Å². The van der Waals surface area contributed by atoms with Crippen molar-refractivity contribution in [3.63, 3.8) is 0 Å². The number of pyridine rings is 1. The molecule has 2 aromatic heterocycles. The summed E-state index contributed by atoms with van der Waals surface area (Å²) in [7, 11) is 2.00. The number of rotatable bonds is 0. The van der Waals surface area contributed by atoms with Gasteiger partial charge in [0.2, 0.25) is 0 Å². The number of nitrogens with zero attached hydrogens (tertiary/aromatic N) is 3. The van der Waals surface area contributed by atoms with Gasteiger partial charge in [0.25, 0.3) is 0 Å². The maximum absolute atomic E-state index is 5.92. The van der Waals surface area contributed by atoms with Crippen molar-refractivity contribution in [2.75, 3.05) is 5.73 Å². The van der Waals surface area contributed by atoms with E-state index < -0.39 is 0 Å². The first kappa shape index (κ1) is 17.4. The first-order chi connectivity index (χ1) is 9.68. The molecule has 4 nitrogen and oxygen atoms in total. The van der Waals surface area contributed by atoms with Crippen molar-refractivity contribution in [1.29, 1.82) is 0 Å². The van der Waals surface area contributed by atoms with Gasteiger partial charge in [0.15, 0.2) is 5.82 Å². The zero-order valence-electron chi connectivity index (χ0n) is 12.0. The van der Waals surface area contributed by atoms with Crippen LogP contribution in [-0.2, 0) is 7.05 Å². The summed E-state index contributed by atoms with van der Waals surface area (Å²) in [5.74, 6) is 1.44. The molecule has 0 aliphatic rings. The average molecular weight is 496 g/mol. The highest BCUT2D eigenvalue weighted by Gasteiger charge is 2.12. The molecule has 0 saturated carbocycles. The van der Waals surface area contributed by atoms with Crippen LogP contribution in [0.4, 0.5) is 5.82 Å². The molecule has 0 saturated heterocycles. The molecule has 108 valence electrons. The van der Waals surface area contributed by atoms with Gasteiger partial charge in [0.05, 0.1) is 11.0 Å². The molecule has 0 unspecified atom stereocenters. The largest absolute Gasteiger partial charge is 0.382 e. The monoisotopic (exact) mass is 496 g/mol. The molecule has 0 amide bonds. The molecule has 0 fully saturated rings. The smallest absolute Gasteiger partial charge is 0.152 e. The number of para-hydroxylation sites is 1. The quantitative estimate of drug-likeness (QED) is 0.455. The molecule has 6 heteroatoms. The van der Waals surface area contributed by atoms with Crippen LogP contribution in [0.2, 0.25) is 0 Å². The Morgan fingerprint density at radius 1 is 1.10 bits per heavy atom. The van der Waals surface area contributed by atoms with Gasteiger partial charge in [-0.15, -0.1) is 0 Å². The number of hydrogen-bond acceptors (Lipinski definition) is 3. The molecular weight excluding hydrogens is 478 g/mol. The Hall–Kier alpha value is -0.640. The average Bonchev–Trinajstić information content (AvgIpc) is 2.81. The number of nitrogens with two attached hydrogens (primary N) is 1. The molecular formula is C14H18I2N4. The number of anilines is 1. The fourth-order valence-electron chi connectivity index (χ4n) is 2.05. The third kappa shape index (κ3) is 3.16. The summed E-state index contributed by atoms with van der Waals surface area (Å²) in [5, 5.41) is 1.09. The number of hydrogen-bond donors (Lipinski definition) is 1. The lowest BCUT2D eigenvalue weighted by Crippen LogP contribution is -1.95. The predicted molar refractivity (Wildman–Crippen MR) is 105 cm³/mol. The van der Waals surface area contributed by atoms with Crippen molar-refractivity contribution < 1.29 is 0 Å². The molecule has 1 aromatic carbocycles. The molecule has 3 rings (SSSR count). The zero-order valence-corrected chi connectivity index (χ0v) is 16.3. The van der Waals surface area contributed by atoms with Crippen LogP contribution in [-0.4, -0.2) is 14.5 Å². The van der Waals surface area contributed by atoms with E-state index in [1.807, 2.05) is 52.1 Å². The predicted octanol–water partition coefficient (Wildman–Crippen LogP) is 4.81. The minimum absolute atomic E-state index is 0.498. The van der Waals surface area contributed by atoms with Gasteiger partial charge in [-0.3, -0.25) is 0 Å². The summed E-state index contributed by atoms with van der Waals surface area (Å²) in [6, 6.07) is 7.98. The van der Waals surface area contributed by atoms with Gasteiger partial charge >= 0.3 is 0 Å². The molecule has 0 aliphatic carbocycles. The van der Waals surface area contributed by atoms with E-state index >= 15 is 0 Å². The number of benzene rings is 1. The Morgan fingerprint density at radius 3 is 2.35 bits per heavy atom. The van der Waals surface area contributed by atoms with E-state index in [-0.39, 0.29) is 0 Å². The Bertz CT molecular complexity index is 707. The van der Waals surface area contributed by atoms with Gasteiger partial charge in [0.1, 0.15) is 11.3 Å². The van der Waals surface area contributed by atoms with Crippen LogP contribution in [0, 0.1) is 6.92 Å². The minimum Gasteiger partial charge on any atom is -0.382 e. The topological polar surface area (TPSA) is 56.7 Å².